The Kier molecular flexibility index (Phi) is 4.22. The smallest absolute Gasteiger partial charge is 0.218 e. The molecule has 0 fully saturated rings. The first-order chi connectivity index (χ1) is 8.58. The van der Waals surface area contributed by atoms with Crippen molar-refractivity contribution in [1.29, 1.82) is 0 Å². The molecule has 0 aliphatic rings. The summed E-state index contributed by atoms with van der Waals surface area (Å²) in [5.74, 6) is 0. The van der Waals surface area contributed by atoms with Crippen LogP contribution in [-0.2, 0) is 11.0 Å². The van der Waals surface area contributed by atoms with Gasteiger partial charge in [-0.25, -0.2) is 0 Å². The topological polar surface area (TPSA) is 9.23 Å². The minimum Gasteiger partial charge on any atom is -0.409 e. The summed E-state index contributed by atoms with van der Waals surface area (Å²) in [7, 11) is -1.81. The highest BCUT2D eigenvalue weighted by Gasteiger charge is 2.24. The number of halogens is 1. The Balaban J connectivity index is 2.03. The summed E-state index contributed by atoms with van der Waals surface area (Å²) in [4.78, 5) is 0. The van der Waals surface area contributed by atoms with Crippen molar-refractivity contribution < 1.29 is 4.43 Å². The van der Waals surface area contributed by atoms with E-state index in [2.05, 4.69) is 37.4 Å². The van der Waals surface area contributed by atoms with Crippen LogP contribution in [0.2, 0.25) is 18.1 Å². The lowest BCUT2D eigenvalue weighted by atomic mass is 10.2. The largest absolute Gasteiger partial charge is 0.409 e. The molecule has 94 valence electrons. The molecule has 2 aromatic carbocycles. The van der Waals surface area contributed by atoms with Gasteiger partial charge in [0.2, 0.25) is 8.32 Å². The molecule has 0 saturated carbocycles. The zero-order valence-corrected chi connectivity index (χ0v) is 12.4. The van der Waals surface area contributed by atoms with E-state index in [9.17, 15) is 0 Å². The minimum absolute atomic E-state index is 0.644. The molecule has 2 aromatic rings. The lowest BCUT2D eigenvalue weighted by molar-refractivity contribution is 0.304. The Morgan fingerprint density at radius 1 is 0.944 bits per heavy atom. The molecule has 0 bridgehead atoms. The summed E-state index contributed by atoms with van der Waals surface area (Å²) < 4.78 is 6.14. The standard InChI is InChI=1S/C15H17ClOSi/c1-18(2,15-6-4-3-5-7-15)17-12-13-8-10-14(16)11-9-13/h3-11H,12H2,1-2H3. The minimum atomic E-state index is -1.81. The fourth-order valence-electron chi connectivity index (χ4n) is 1.77. The second-order valence-electron chi connectivity index (χ2n) is 4.79. The second-order valence-corrected chi connectivity index (χ2v) is 9.11. The number of hydrogen-bond acceptors (Lipinski definition) is 1. The number of benzene rings is 2. The average molecular weight is 277 g/mol. The number of hydrogen-bond donors (Lipinski definition) is 0. The fraction of sp³-hybridized carbons (Fsp3) is 0.200. The van der Waals surface area contributed by atoms with Crippen LogP contribution in [-0.4, -0.2) is 8.32 Å². The Labute approximate surface area is 115 Å². The molecule has 0 saturated heterocycles. The van der Waals surface area contributed by atoms with Crippen molar-refractivity contribution in [2.45, 2.75) is 19.7 Å². The van der Waals surface area contributed by atoms with E-state index in [0.29, 0.717) is 6.61 Å². The molecule has 0 heterocycles. The SMILES string of the molecule is C[Si](C)(OCc1ccc(Cl)cc1)c1ccccc1. The van der Waals surface area contributed by atoms with Gasteiger partial charge in [0.05, 0.1) is 6.61 Å². The molecule has 0 atom stereocenters. The van der Waals surface area contributed by atoms with Crippen LogP contribution in [0.3, 0.4) is 0 Å². The molecule has 2 rings (SSSR count). The van der Waals surface area contributed by atoms with Gasteiger partial charge >= 0.3 is 0 Å². The van der Waals surface area contributed by atoms with E-state index >= 15 is 0 Å². The summed E-state index contributed by atoms with van der Waals surface area (Å²) in [6, 6.07) is 18.3. The Hall–Kier alpha value is -1.09. The highest BCUT2D eigenvalue weighted by atomic mass is 35.5. The van der Waals surface area contributed by atoms with Crippen LogP contribution in [0.1, 0.15) is 5.56 Å². The van der Waals surface area contributed by atoms with Crippen molar-refractivity contribution in [1.82, 2.24) is 0 Å². The lowest BCUT2D eigenvalue weighted by Gasteiger charge is -2.23. The highest BCUT2D eigenvalue weighted by Crippen LogP contribution is 2.13. The predicted octanol–water partition coefficient (Wildman–Crippen LogP) is 3.97. The van der Waals surface area contributed by atoms with Crippen molar-refractivity contribution in [3.63, 3.8) is 0 Å². The molecule has 0 spiro atoms. The van der Waals surface area contributed by atoms with Crippen LogP contribution in [0.5, 0.6) is 0 Å². The average Bonchev–Trinajstić information content (AvgIpc) is 2.39. The molecule has 0 aromatic heterocycles. The van der Waals surface area contributed by atoms with Gasteiger partial charge in [0, 0.05) is 5.02 Å². The van der Waals surface area contributed by atoms with E-state index in [-0.39, 0.29) is 0 Å². The van der Waals surface area contributed by atoms with E-state index < -0.39 is 8.32 Å². The first kappa shape index (κ1) is 13.3. The van der Waals surface area contributed by atoms with Crippen molar-refractivity contribution in [2.24, 2.45) is 0 Å². The third kappa shape index (κ3) is 3.45. The molecule has 0 N–H and O–H groups in total. The molecule has 18 heavy (non-hydrogen) atoms. The van der Waals surface area contributed by atoms with Gasteiger partial charge in [-0.15, -0.1) is 0 Å². The molecule has 0 amide bonds. The van der Waals surface area contributed by atoms with Crippen LogP contribution in [0.15, 0.2) is 54.6 Å². The van der Waals surface area contributed by atoms with Crippen LogP contribution < -0.4 is 5.19 Å². The first-order valence-electron chi connectivity index (χ1n) is 6.02. The van der Waals surface area contributed by atoms with E-state index in [1.165, 1.54) is 5.19 Å². The first-order valence-corrected chi connectivity index (χ1v) is 9.30. The van der Waals surface area contributed by atoms with Crippen molar-refractivity contribution in [3.8, 4) is 0 Å². The summed E-state index contributed by atoms with van der Waals surface area (Å²) >= 11 is 5.87. The summed E-state index contributed by atoms with van der Waals surface area (Å²) in [5, 5.41) is 2.08. The Bertz CT molecular complexity index is 494. The van der Waals surface area contributed by atoms with Gasteiger partial charge in [0.15, 0.2) is 0 Å². The third-order valence-corrected chi connectivity index (χ3v) is 5.82. The van der Waals surface area contributed by atoms with Crippen molar-refractivity contribution in [2.75, 3.05) is 0 Å². The van der Waals surface area contributed by atoms with E-state index in [1.807, 2.05) is 30.3 Å². The Morgan fingerprint density at radius 3 is 2.17 bits per heavy atom. The van der Waals surface area contributed by atoms with Crippen molar-refractivity contribution in [3.05, 3.63) is 65.2 Å². The van der Waals surface area contributed by atoms with Gasteiger partial charge < -0.3 is 4.43 Å². The van der Waals surface area contributed by atoms with Gasteiger partial charge in [-0.3, -0.25) is 0 Å². The zero-order chi connectivity index (χ0) is 13.0. The number of rotatable bonds is 4. The molecule has 3 heteroatoms. The summed E-state index contributed by atoms with van der Waals surface area (Å²) in [6.45, 7) is 5.09. The van der Waals surface area contributed by atoms with Gasteiger partial charge in [-0.2, -0.15) is 0 Å². The van der Waals surface area contributed by atoms with E-state index in [1.54, 1.807) is 0 Å². The van der Waals surface area contributed by atoms with Gasteiger partial charge in [0.25, 0.3) is 0 Å². The maximum Gasteiger partial charge on any atom is 0.218 e. The maximum atomic E-state index is 6.14. The molecule has 1 nitrogen and oxygen atoms in total. The molecule has 0 radical (unpaired) electrons. The quantitative estimate of drug-likeness (QED) is 0.768. The fourth-order valence-corrected chi connectivity index (χ4v) is 3.58. The van der Waals surface area contributed by atoms with Gasteiger partial charge in [-0.05, 0) is 36.0 Å². The van der Waals surface area contributed by atoms with Crippen LogP contribution in [0.25, 0.3) is 0 Å². The molecular weight excluding hydrogens is 260 g/mol. The summed E-state index contributed by atoms with van der Waals surface area (Å²) in [5.41, 5.74) is 1.16. The van der Waals surface area contributed by atoms with Crippen LogP contribution in [0.4, 0.5) is 0 Å². The molecule has 0 aliphatic carbocycles. The second kappa shape index (κ2) is 5.70. The maximum absolute atomic E-state index is 6.14. The third-order valence-electron chi connectivity index (χ3n) is 2.98. The normalized spacial score (nSPS) is 11.5. The molecular formula is C15H17ClOSi. The highest BCUT2D eigenvalue weighted by molar-refractivity contribution is 6.84. The van der Waals surface area contributed by atoms with E-state index in [4.69, 9.17) is 16.0 Å². The van der Waals surface area contributed by atoms with E-state index in [0.717, 1.165) is 10.6 Å². The Morgan fingerprint density at radius 2 is 1.56 bits per heavy atom. The van der Waals surface area contributed by atoms with Gasteiger partial charge in [-0.1, -0.05) is 54.1 Å². The van der Waals surface area contributed by atoms with Gasteiger partial charge in [0.1, 0.15) is 0 Å². The van der Waals surface area contributed by atoms with Crippen molar-refractivity contribution >= 4 is 25.1 Å². The van der Waals surface area contributed by atoms with Crippen LogP contribution in [0, 0.1) is 0 Å². The monoisotopic (exact) mass is 276 g/mol. The lowest BCUT2D eigenvalue weighted by Crippen LogP contribution is -2.44. The molecule has 0 unspecified atom stereocenters. The molecule has 0 aliphatic heterocycles. The predicted molar refractivity (Wildman–Crippen MR) is 79.8 cm³/mol. The summed E-state index contributed by atoms with van der Waals surface area (Å²) in [6.07, 6.45) is 0. The van der Waals surface area contributed by atoms with Crippen LogP contribution >= 0.6 is 11.6 Å². The zero-order valence-electron chi connectivity index (χ0n) is 10.7.